The van der Waals surface area contributed by atoms with Crippen molar-refractivity contribution in [2.45, 2.75) is 13.8 Å². The topological polar surface area (TPSA) is 80.4 Å². The number of benzene rings is 2. The Bertz CT molecular complexity index is 1050. The Kier molecular flexibility index (Phi) is 4.67. The number of amides is 1. The molecule has 2 N–H and O–H groups in total. The number of carbonyl (C=O) groups is 1. The Labute approximate surface area is 150 Å². The lowest BCUT2D eigenvalue weighted by Gasteiger charge is -2.13. The van der Waals surface area contributed by atoms with E-state index < -0.39 is 0 Å². The third-order valence-corrected chi connectivity index (χ3v) is 4.48. The van der Waals surface area contributed by atoms with Crippen molar-refractivity contribution in [3.05, 3.63) is 63.4 Å². The highest BCUT2D eigenvalue weighted by molar-refractivity contribution is 6.07. The fourth-order valence-corrected chi connectivity index (χ4v) is 2.91. The summed E-state index contributed by atoms with van der Waals surface area (Å²) < 4.78 is 10.5. The molecule has 3 rings (SSSR count). The molecule has 6 heteroatoms. The van der Waals surface area contributed by atoms with Crippen LogP contribution < -0.4 is 20.3 Å². The van der Waals surface area contributed by atoms with Crippen LogP contribution in [0.4, 0.5) is 5.69 Å². The number of nitrogens with one attached hydrogen (secondary N) is 2. The Morgan fingerprint density at radius 1 is 1.04 bits per heavy atom. The Balaban J connectivity index is 1.98. The molecule has 0 saturated heterocycles. The standard InChI is InChI=1S/C20H20N2O4/c1-11-12(2)19(23)22-16-10-13(8-9-14(11)16)21-20(24)15-6-5-7-17(25-3)18(15)26-4/h5-10H,1-4H3,(H,21,24)(H,22,23). The highest BCUT2D eigenvalue weighted by Crippen LogP contribution is 2.31. The maximum Gasteiger partial charge on any atom is 0.259 e. The van der Waals surface area contributed by atoms with Crippen molar-refractivity contribution >= 4 is 22.5 Å². The number of fused-ring (bicyclic) bond motifs is 1. The molecule has 1 amide bonds. The van der Waals surface area contributed by atoms with Gasteiger partial charge in [0.15, 0.2) is 11.5 Å². The van der Waals surface area contributed by atoms with Crippen molar-refractivity contribution in [3.8, 4) is 11.5 Å². The van der Waals surface area contributed by atoms with Gasteiger partial charge in [0, 0.05) is 16.6 Å². The third kappa shape index (κ3) is 3.01. The summed E-state index contributed by atoms with van der Waals surface area (Å²) in [6.07, 6.45) is 0. The number of hydrogen-bond acceptors (Lipinski definition) is 4. The van der Waals surface area contributed by atoms with E-state index in [1.165, 1.54) is 14.2 Å². The molecule has 3 aromatic rings. The minimum Gasteiger partial charge on any atom is -0.493 e. The second-order valence-corrected chi connectivity index (χ2v) is 5.96. The smallest absolute Gasteiger partial charge is 0.259 e. The summed E-state index contributed by atoms with van der Waals surface area (Å²) in [5.74, 6) is 0.522. The van der Waals surface area contributed by atoms with Crippen LogP contribution in [0.3, 0.4) is 0 Å². The summed E-state index contributed by atoms with van der Waals surface area (Å²) in [6, 6.07) is 10.5. The van der Waals surface area contributed by atoms with E-state index in [0.29, 0.717) is 33.8 Å². The van der Waals surface area contributed by atoms with Crippen LogP contribution in [0.25, 0.3) is 10.9 Å². The average Bonchev–Trinajstić information content (AvgIpc) is 2.65. The van der Waals surface area contributed by atoms with E-state index >= 15 is 0 Å². The van der Waals surface area contributed by atoms with Crippen LogP contribution in [0.1, 0.15) is 21.5 Å². The molecule has 0 atom stereocenters. The fourth-order valence-electron chi connectivity index (χ4n) is 2.91. The van der Waals surface area contributed by atoms with Crippen LogP contribution in [0, 0.1) is 13.8 Å². The van der Waals surface area contributed by atoms with Gasteiger partial charge in [0.1, 0.15) is 0 Å². The van der Waals surface area contributed by atoms with Crippen LogP contribution in [0.15, 0.2) is 41.2 Å². The van der Waals surface area contributed by atoms with Crippen molar-refractivity contribution in [1.82, 2.24) is 4.98 Å². The van der Waals surface area contributed by atoms with E-state index in [4.69, 9.17) is 9.47 Å². The lowest BCUT2D eigenvalue weighted by molar-refractivity contribution is 0.102. The van der Waals surface area contributed by atoms with Crippen LogP contribution in [0.5, 0.6) is 11.5 Å². The van der Waals surface area contributed by atoms with Crippen molar-refractivity contribution in [2.75, 3.05) is 19.5 Å². The zero-order valence-electron chi connectivity index (χ0n) is 15.1. The maximum absolute atomic E-state index is 12.7. The van der Waals surface area contributed by atoms with Gasteiger partial charge in [0.05, 0.1) is 25.3 Å². The first-order valence-electron chi connectivity index (χ1n) is 8.12. The number of aromatic amines is 1. The predicted octanol–water partition coefficient (Wildman–Crippen LogP) is 3.41. The Hall–Kier alpha value is -3.28. The molecule has 6 nitrogen and oxygen atoms in total. The van der Waals surface area contributed by atoms with E-state index in [0.717, 1.165) is 10.9 Å². The quantitative estimate of drug-likeness (QED) is 0.754. The van der Waals surface area contributed by atoms with E-state index in [1.54, 1.807) is 37.3 Å². The number of rotatable bonds is 4. The molecule has 0 unspecified atom stereocenters. The van der Waals surface area contributed by atoms with Gasteiger partial charge >= 0.3 is 0 Å². The summed E-state index contributed by atoms with van der Waals surface area (Å²) in [6.45, 7) is 3.70. The first kappa shape index (κ1) is 17.5. The van der Waals surface area contributed by atoms with Crippen LogP contribution in [-0.4, -0.2) is 25.1 Å². The number of ether oxygens (including phenoxy) is 2. The summed E-state index contributed by atoms with van der Waals surface area (Å²) in [4.78, 5) is 27.5. The first-order chi connectivity index (χ1) is 12.5. The SMILES string of the molecule is COc1cccc(C(=O)Nc2ccc3c(C)c(C)c(=O)[nH]c3c2)c1OC. The lowest BCUT2D eigenvalue weighted by Crippen LogP contribution is -2.14. The molecule has 0 aliphatic carbocycles. The Morgan fingerprint density at radius 2 is 1.81 bits per heavy atom. The number of anilines is 1. The van der Waals surface area contributed by atoms with Crippen molar-refractivity contribution in [1.29, 1.82) is 0 Å². The Morgan fingerprint density at radius 3 is 2.50 bits per heavy atom. The summed E-state index contributed by atoms with van der Waals surface area (Å²) in [5.41, 5.74) is 3.10. The van der Waals surface area contributed by atoms with Gasteiger partial charge in [-0.05, 0) is 43.7 Å². The van der Waals surface area contributed by atoms with Crippen molar-refractivity contribution in [2.24, 2.45) is 0 Å². The number of aromatic nitrogens is 1. The number of H-pyrrole nitrogens is 1. The summed E-state index contributed by atoms with van der Waals surface area (Å²) in [5, 5.41) is 3.78. The molecular weight excluding hydrogens is 332 g/mol. The van der Waals surface area contributed by atoms with Crippen LogP contribution >= 0.6 is 0 Å². The molecule has 1 aromatic heterocycles. The molecule has 0 saturated carbocycles. The number of carbonyl (C=O) groups excluding carboxylic acids is 1. The summed E-state index contributed by atoms with van der Waals surface area (Å²) in [7, 11) is 3.00. The molecule has 0 fully saturated rings. The number of para-hydroxylation sites is 1. The first-order valence-corrected chi connectivity index (χ1v) is 8.12. The third-order valence-electron chi connectivity index (χ3n) is 4.48. The zero-order chi connectivity index (χ0) is 18.8. The van der Waals surface area contributed by atoms with Gasteiger partial charge < -0.3 is 19.8 Å². The van der Waals surface area contributed by atoms with E-state index in [9.17, 15) is 9.59 Å². The summed E-state index contributed by atoms with van der Waals surface area (Å²) >= 11 is 0. The van der Waals surface area contributed by atoms with Gasteiger partial charge in [-0.3, -0.25) is 9.59 Å². The second kappa shape index (κ2) is 6.92. The van der Waals surface area contributed by atoms with Gasteiger partial charge in [-0.2, -0.15) is 0 Å². The van der Waals surface area contributed by atoms with Gasteiger partial charge in [-0.25, -0.2) is 0 Å². The van der Waals surface area contributed by atoms with E-state index in [-0.39, 0.29) is 11.5 Å². The second-order valence-electron chi connectivity index (χ2n) is 5.96. The molecule has 0 aliphatic rings. The molecule has 0 spiro atoms. The molecule has 1 heterocycles. The fraction of sp³-hybridized carbons (Fsp3) is 0.200. The number of aryl methyl sites for hydroxylation is 1. The van der Waals surface area contributed by atoms with E-state index in [2.05, 4.69) is 10.3 Å². The molecular formula is C20H20N2O4. The maximum atomic E-state index is 12.7. The minimum atomic E-state index is -0.328. The lowest BCUT2D eigenvalue weighted by atomic mass is 10.1. The molecule has 134 valence electrons. The van der Waals surface area contributed by atoms with Gasteiger partial charge in [-0.15, -0.1) is 0 Å². The van der Waals surface area contributed by atoms with Gasteiger partial charge in [-0.1, -0.05) is 12.1 Å². The minimum absolute atomic E-state index is 0.132. The van der Waals surface area contributed by atoms with E-state index in [1.807, 2.05) is 13.0 Å². The molecule has 2 aromatic carbocycles. The molecule has 0 aliphatic heterocycles. The molecule has 26 heavy (non-hydrogen) atoms. The van der Waals surface area contributed by atoms with Gasteiger partial charge in [0.2, 0.25) is 0 Å². The highest BCUT2D eigenvalue weighted by Gasteiger charge is 2.17. The van der Waals surface area contributed by atoms with Gasteiger partial charge in [0.25, 0.3) is 11.5 Å². The van der Waals surface area contributed by atoms with Crippen LogP contribution in [0.2, 0.25) is 0 Å². The monoisotopic (exact) mass is 352 g/mol. The number of pyridine rings is 1. The zero-order valence-corrected chi connectivity index (χ0v) is 15.1. The van der Waals surface area contributed by atoms with Crippen molar-refractivity contribution < 1.29 is 14.3 Å². The highest BCUT2D eigenvalue weighted by atomic mass is 16.5. The number of hydrogen-bond donors (Lipinski definition) is 2. The predicted molar refractivity (Wildman–Crippen MR) is 102 cm³/mol. The largest absolute Gasteiger partial charge is 0.493 e. The number of methoxy groups -OCH3 is 2. The average molecular weight is 352 g/mol. The molecule has 0 bridgehead atoms. The normalized spacial score (nSPS) is 10.6. The molecule has 0 radical (unpaired) electrons. The van der Waals surface area contributed by atoms with Crippen molar-refractivity contribution in [3.63, 3.8) is 0 Å². The van der Waals surface area contributed by atoms with Crippen LogP contribution in [-0.2, 0) is 0 Å².